The standard InChI is InChI=1S/C30H31F4N2O2.C21H33N2O2S.2C2HF3O2/c31-24-9-4-10-25(18-24)35(19-22-16-26(32)29(34)27(33)17-22)30(37)38-28-20-36(14-11-23(28)12-15-36)13-5-8-21-6-2-1-3-7-21;1-15-12-19(26-16(15)2)13-22(18-6-4-5-7-18)21(24)25-20-14-23(3)10-8-17(20)9-11-23;2*3-2(4,5)1(6)7/h1-4,6-7,9-10,16-18,23,28H,5,8,11-15,19-20H2;12,17-18,20H,4-11,13-14H2,1-3H3;2*(H,6,7)/q2*+1;;/p-2/t23?,28-,36?;17?,20-,23?;;/m00../s1. The van der Waals surface area contributed by atoms with Crippen LogP contribution >= 0.6 is 11.3 Å². The molecule has 2 amide bonds. The fourth-order valence-electron chi connectivity index (χ4n) is 11.0. The van der Waals surface area contributed by atoms with Crippen LogP contribution in [0.3, 0.4) is 0 Å². The Morgan fingerprint density at radius 1 is 0.667 bits per heavy atom. The van der Waals surface area contributed by atoms with Gasteiger partial charge in [-0.15, -0.1) is 11.3 Å². The van der Waals surface area contributed by atoms with E-state index in [0.717, 1.165) is 96.8 Å². The van der Waals surface area contributed by atoms with Gasteiger partial charge in [0.15, 0.2) is 29.7 Å². The highest BCUT2D eigenvalue weighted by atomic mass is 32.1. The molecule has 1 aliphatic carbocycles. The molecule has 0 N–H and O–H groups in total. The molecule has 0 radical (unpaired) electrons. The summed E-state index contributed by atoms with van der Waals surface area (Å²) in [5.41, 5.74) is 2.86. The zero-order chi connectivity index (χ0) is 57.2. The Morgan fingerprint density at radius 3 is 1.72 bits per heavy atom. The van der Waals surface area contributed by atoms with Gasteiger partial charge in [0, 0.05) is 59.7 Å². The number of anilines is 1. The van der Waals surface area contributed by atoms with Gasteiger partial charge >= 0.3 is 24.5 Å². The summed E-state index contributed by atoms with van der Waals surface area (Å²) >= 11 is 1.82. The molecule has 1 aromatic heterocycles. The number of fused-ring (bicyclic) bond motifs is 6. The number of piperidine rings is 6. The van der Waals surface area contributed by atoms with Crippen molar-refractivity contribution in [3.05, 3.63) is 123 Å². The van der Waals surface area contributed by atoms with Crippen molar-refractivity contribution in [1.82, 2.24) is 4.90 Å². The number of nitrogens with zero attached hydrogens (tertiary/aromatic N) is 4. The maximum absolute atomic E-state index is 14.0. The number of ether oxygens (including phenoxy) is 2. The Balaban J connectivity index is 0.000000211. The molecular weight excluding hydrogens is 1070 g/mol. The second kappa shape index (κ2) is 26.3. The summed E-state index contributed by atoms with van der Waals surface area (Å²) in [6, 6.07) is 20.0. The van der Waals surface area contributed by atoms with Crippen LogP contribution in [0, 0.1) is 49.0 Å². The van der Waals surface area contributed by atoms with E-state index in [-0.39, 0.29) is 42.0 Å². The van der Waals surface area contributed by atoms with Crippen molar-refractivity contribution in [2.75, 3.05) is 57.8 Å². The molecule has 11 rings (SSSR count). The van der Waals surface area contributed by atoms with Crippen molar-refractivity contribution in [3.63, 3.8) is 0 Å². The van der Waals surface area contributed by atoms with E-state index in [1.165, 1.54) is 77.9 Å². The average molecular weight is 1130 g/mol. The number of carbonyl (C=O) groups is 4. The van der Waals surface area contributed by atoms with E-state index in [2.05, 4.69) is 44.0 Å². The molecule has 7 aliphatic rings. The number of rotatable bonds is 12. The minimum atomic E-state index is -5.19. The molecule has 6 aliphatic heterocycles. The number of alkyl halides is 6. The fraction of sp³-hybridized carbons (Fsp3) is 0.527. The molecular formula is C55H64F10N4O8S. The number of aryl methyl sites for hydroxylation is 3. The molecule has 0 spiro atoms. The Kier molecular flexibility index (Phi) is 20.7. The van der Waals surface area contributed by atoms with Gasteiger partial charge in [-0.25, -0.2) is 27.2 Å². The molecule has 12 nitrogen and oxygen atoms in total. The average Bonchev–Trinajstić information content (AvgIpc) is 4.08. The van der Waals surface area contributed by atoms with Gasteiger partial charge in [0.1, 0.15) is 30.8 Å². The predicted octanol–water partition coefficient (Wildman–Crippen LogP) is 9.71. The lowest BCUT2D eigenvalue weighted by molar-refractivity contribution is -0.946. The molecule has 2 atom stereocenters. The summed E-state index contributed by atoms with van der Waals surface area (Å²) in [5, 5.41) is 17.6. The molecule has 6 saturated heterocycles. The molecule has 3 aromatic carbocycles. The smallest absolute Gasteiger partial charge is 0.430 e. The lowest BCUT2D eigenvalue weighted by Crippen LogP contribution is -2.65. The van der Waals surface area contributed by atoms with E-state index in [0.29, 0.717) is 25.0 Å². The Bertz CT molecular complexity index is 2600. The number of quaternary nitrogens is 2. The number of carboxylic acids is 2. The van der Waals surface area contributed by atoms with E-state index >= 15 is 0 Å². The number of halogens is 10. The molecule has 78 heavy (non-hydrogen) atoms. The van der Waals surface area contributed by atoms with Crippen molar-refractivity contribution >= 4 is 41.1 Å². The predicted molar refractivity (Wildman–Crippen MR) is 264 cm³/mol. The maximum atomic E-state index is 14.0. The monoisotopic (exact) mass is 1130 g/mol. The summed E-state index contributed by atoms with van der Waals surface area (Å²) in [6.45, 7) is 12.1. The second-order valence-electron chi connectivity index (χ2n) is 21.1. The topological polar surface area (TPSA) is 139 Å². The summed E-state index contributed by atoms with van der Waals surface area (Å²) in [5.74, 6) is -10.1. The van der Waals surface area contributed by atoms with Crippen LogP contribution in [-0.2, 0) is 38.6 Å². The second-order valence-corrected chi connectivity index (χ2v) is 22.4. The molecule has 4 aromatic rings. The summed E-state index contributed by atoms with van der Waals surface area (Å²) in [7, 11) is 2.32. The quantitative estimate of drug-likeness (QED) is 0.0777. The van der Waals surface area contributed by atoms with Crippen molar-refractivity contribution in [3.8, 4) is 0 Å². The summed E-state index contributed by atoms with van der Waals surface area (Å²) in [6.07, 6.45) is -0.286. The largest absolute Gasteiger partial charge is 0.542 e. The first kappa shape index (κ1) is 61.3. The third-order valence-corrected chi connectivity index (χ3v) is 16.6. The maximum Gasteiger partial charge on any atom is 0.430 e. The number of benzene rings is 3. The van der Waals surface area contributed by atoms with E-state index in [4.69, 9.17) is 29.3 Å². The van der Waals surface area contributed by atoms with Crippen LogP contribution in [0.1, 0.15) is 84.2 Å². The number of carboxylic acid groups (broad SMARTS) is 2. The number of thiophene rings is 1. The molecule has 4 bridgehead atoms. The number of hydrogen-bond acceptors (Lipinski definition) is 9. The fourth-order valence-corrected chi connectivity index (χ4v) is 12.1. The van der Waals surface area contributed by atoms with Gasteiger partial charge < -0.3 is 43.1 Å². The number of carbonyl (C=O) groups excluding carboxylic acids is 4. The molecule has 7 fully saturated rings. The highest BCUT2D eigenvalue weighted by Crippen LogP contribution is 2.38. The van der Waals surface area contributed by atoms with E-state index < -0.39 is 53.7 Å². The number of aliphatic carboxylic acids is 2. The first-order valence-electron chi connectivity index (χ1n) is 25.8. The lowest BCUT2D eigenvalue weighted by Gasteiger charge is -2.52. The lowest BCUT2D eigenvalue weighted by atomic mass is 9.83. The van der Waals surface area contributed by atoms with Crippen LogP contribution in [-0.4, -0.2) is 121 Å². The van der Waals surface area contributed by atoms with Gasteiger partial charge in [0.25, 0.3) is 0 Å². The Morgan fingerprint density at radius 2 is 1.21 bits per heavy atom. The summed E-state index contributed by atoms with van der Waals surface area (Å²) < 4.78 is 133. The number of amides is 2. The van der Waals surface area contributed by atoms with Crippen LogP contribution in [0.15, 0.2) is 72.8 Å². The minimum Gasteiger partial charge on any atom is -0.542 e. The normalized spacial score (nSPS) is 23.3. The van der Waals surface area contributed by atoms with Crippen molar-refractivity contribution in [1.29, 1.82) is 0 Å². The minimum absolute atomic E-state index is 0.0286. The summed E-state index contributed by atoms with van der Waals surface area (Å²) in [4.78, 5) is 50.0. The van der Waals surface area contributed by atoms with Crippen LogP contribution < -0.4 is 15.1 Å². The van der Waals surface area contributed by atoms with E-state index in [1.54, 1.807) is 0 Å². The van der Waals surface area contributed by atoms with Gasteiger partial charge in [-0.05, 0) is 86.2 Å². The molecule has 0 unspecified atom stereocenters. The van der Waals surface area contributed by atoms with Crippen LogP contribution in [0.4, 0.5) is 59.2 Å². The molecule has 428 valence electrons. The van der Waals surface area contributed by atoms with E-state index in [1.807, 2.05) is 29.5 Å². The molecule has 23 heteroatoms. The zero-order valence-electron chi connectivity index (χ0n) is 43.5. The number of hydrogen-bond donors (Lipinski definition) is 0. The zero-order valence-corrected chi connectivity index (χ0v) is 44.3. The highest BCUT2D eigenvalue weighted by molar-refractivity contribution is 7.12. The van der Waals surface area contributed by atoms with Gasteiger partial charge in [-0.3, -0.25) is 4.90 Å². The van der Waals surface area contributed by atoms with Crippen LogP contribution in [0.2, 0.25) is 0 Å². The van der Waals surface area contributed by atoms with Crippen molar-refractivity contribution < 1.29 is 91.7 Å². The van der Waals surface area contributed by atoms with Crippen LogP contribution in [0.25, 0.3) is 0 Å². The Hall–Kier alpha value is -5.94. The number of likely N-dealkylation sites (N-methyl/N-ethyl adjacent to an activating group) is 1. The van der Waals surface area contributed by atoms with Gasteiger partial charge in [0.05, 0.1) is 58.5 Å². The van der Waals surface area contributed by atoms with Crippen LogP contribution in [0.5, 0.6) is 0 Å². The molecule has 7 heterocycles. The Labute approximate surface area is 450 Å². The SMILES string of the molecule is Cc1cc(CN(C(=O)O[C@H]2C[N+]3(C)CCC2CC3)C2CCCC2)sc1C.O=C(O[C@H]1C[N+]2(CCCc3ccccc3)CCC1CC2)N(Cc1cc(F)c(F)c(F)c1)c1cccc(F)c1.O=C([O-])C(F)(F)F.O=C([O-])C(F)(F)F. The van der Waals surface area contributed by atoms with Gasteiger partial charge in [-0.1, -0.05) is 49.2 Å². The first-order chi connectivity index (χ1) is 36.6. The third kappa shape index (κ3) is 17.0. The molecule has 1 saturated carbocycles. The van der Waals surface area contributed by atoms with Gasteiger partial charge in [0.2, 0.25) is 0 Å². The first-order valence-corrected chi connectivity index (χ1v) is 26.6. The third-order valence-electron chi connectivity index (χ3n) is 15.4. The van der Waals surface area contributed by atoms with Crippen molar-refractivity contribution in [2.24, 2.45) is 11.8 Å². The van der Waals surface area contributed by atoms with E-state index in [9.17, 15) is 53.5 Å². The van der Waals surface area contributed by atoms with Gasteiger partial charge in [-0.2, -0.15) is 26.3 Å². The van der Waals surface area contributed by atoms with Crippen molar-refractivity contribution in [2.45, 2.75) is 122 Å². The highest BCUT2D eigenvalue weighted by Gasteiger charge is 2.48.